The van der Waals surface area contributed by atoms with Gasteiger partial charge in [-0.2, -0.15) is 0 Å². The van der Waals surface area contributed by atoms with Gasteiger partial charge < -0.3 is 14.2 Å². The first-order valence-electron chi connectivity index (χ1n) is 6.04. The lowest BCUT2D eigenvalue weighted by molar-refractivity contribution is -0.140. The third-order valence-corrected chi connectivity index (χ3v) is 2.40. The molecule has 7 heteroatoms. The van der Waals surface area contributed by atoms with E-state index in [-0.39, 0.29) is 19.0 Å². The molecule has 0 radical (unpaired) electrons. The molecule has 0 amide bonds. The van der Waals surface area contributed by atoms with Gasteiger partial charge in [-0.05, 0) is 6.92 Å². The van der Waals surface area contributed by atoms with Gasteiger partial charge in [-0.25, -0.2) is 9.59 Å². The van der Waals surface area contributed by atoms with Gasteiger partial charge in [0.1, 0.15) is 6.61 Å². The van der Waals surface area contributed by atoms with E-state index in [0.29, 0.717) is 13.2 Å². The maximum absolute atomic E-state index is 11.2. The number of morpholine rings is 1. The third kappa shape index (κ3) is 8.58. The molecule has 0 aromatic heterocycles. The molecule has 1 fully saturated rings. The molecule has 0 bridgehead atoms. The van der Waals surface area contributed by atoms with Gasteiger partial charge in [-0.15, -0.1) is 12.4 Å². The number of carbonyl (C=O) groups is 2. The summed E-state index contributed by atoms with van der Waals surface area (Å²) in [6.45, 7) is 6.13. The number of nitrogens with zero attached hydrogens (tertiary/aromatic N) is 1. The minimum Gasteiger partial charge on any atom is -0.463 e. The average Bonchev–Trinajstić information content (AvgIpc) is 2.38. The molecule has 0 N–H and O–H groups in total. The van der Waals surface area contributed by atoms with E-state index >= 15 is 0 Å². The van der Waals surface area contributed by atoms with Gasteiger partial charge in [0.05, 0.1) is 19.8 Å². The van der Waals surface area contributed by atoms with Gasteiger partial charge in [-0.3, -0.25) is 4.90 Å². The van der Waals surface area contributed by atoms with Crippen molar-refractivity contribution in [3.63, 3.8) is 0 Å². The number of hydrogen-bond donors (Lipinski definition) is 0. The summed E-state index contributed by atoms with van der Waals surface area (Å²) in [7, 11) is 0. The Morgan fingerprint density at radius 3 is 2.32 bits per heavy atom. The monoisotopic (exact) mass is 293 g/mol. The fourth-order valence-corrected chi connectivity index (χ4v) is 1.47. The SMILES string of the molecule is CCOC(=O)/C=C/C(=O)OCCN1CCOCC1.Cl. The number of carbonyl (C=O) groups excluding carboxylic acids is 2. The Balaban J connectivity index is 0.00000324. The van der Waals surface area contributed by atoms with Crippen LogP contribution in [-0.4, -0.2) is 62.9 Å². The van der Waals surface area contributed by atoms with Crippen molar-refractivity contribution in [2.75, 3.05) is 46.1 Å². The number of rotatable bonds is 6. The molecule has 0 aliphatic carbocycles. The lowest BCUT2D eigenvalue weighted by Crippen LogP contribution is -2.38. The molecule has 1 heterocycles. The van der Waals surface area contributed by atoms with Crippen molar-refractivity contribution in [2.24, 2.45) is 0 Å². The topological polar surface area (TPSA) is 65.1 Å². The van der Waals surface area contributed by atoms with Crippen LogP contribution in [0.15, 0.2) is 12.2 Å². The summed E-state index contributed by atoms with van der Waals surface area (Å²) >= 11 is 0. The summed E-state index contributed by atoms with van der Waals surface area (Å²) in [5, 5.41) is 0. The second kappa shape index (κ2) is 10.8. The van der Waals surface area contributed by atoms with Gasteiger partial charge in [0.2, 0.25) is 0 Å². The highest BCUT2D eigenvalue weighted by molar-refractivity contribution is 5.91. The summed E-state index contributed by atoms with van der Waals surface area (Å²) in [5.74, 6) is -1.07. The van der Waals surface area contributed by atoms with Gasteiger partial charge in [-0.1, -0.05) is 0 Å². The van der Waals surface area contributed by atoms with Crippen molar-refractivity contribution in [1.82, 2.24) is 4.90 Å². The molecular formula is C12H20ClNO5. The second-order valence-corrected chi connectivity index (χ2v) is 3.71. The van der Waals surface area contributed by atoms with E-state index in [4.69, 9.17) is 9.47 Å². The molecule has 0 aromatic rings. The van der Waals surface area contributed by atoms with Crippen LogP contribution < -0.4 is 0 Å². The smallest absolute Gasteiger partial charge is 0.331 e. The summed E-state index contributed by atoms with van der Waals surface area (Å²) in [5.41, 5.74) is 0. The Morgan fingerprint density at radius 2 is 1.74 bits per heavy atom. The maximum Gasteiger partial charge on any atom is 0.331 e. The van der Waals surface area contributed by atoms with Crippen LogP contribution >= 0.6 is 12.4 Å². The summed E-state index contributed by atoms with van der Waals surface area (Å²) in [6, 6.07) is 0. The van der Waals surface area contributed by atoms with Crippen LogP contribution in [-0.2, 0) is 23.8 Å². The first kappa shape index (κ1) is 17.9. The van der Waals surface area contributed by atoms with Crippen molar-refractivity contribution in [3.05, 3.63) is 12.2 Å². The van der Waals surface area contributed by atoms with Gasteiger partial charge in [0.25, 0.3) is 0 Å². The molecular weight excluding hydrogens is 274 g/mol. The molecule has 1 aliphatic rings. The molecule has 0 aromatic carbocycles. The number of esters is 2. The van der Waals surface area contributed by atoms with Gasteiger partial charge in [0, 0.05) is 31.8 Å². The van der Waals surface area contributed by atoms with Crippen LogP contribution in [0.4, 0.5) is 0 Å². The Kier molecular flexibility index (Phi) is 10.1. The minimum absolute atomic E-state index is 0. The molecule has 0 unspecified atom stereocenters. The van der Waals surface area contributed by atoms with E-state index in [9.17, 15) is 9.59 Å². The Labute approximate surface area is 119 Å². The zero-order valence-electron chi connectivity index (χ0n) is 11.0. The van der Waals surface area contributed by atoms with E-state index in [1.807, 2.05) is 0 Å². The minimum atomic E-state index is -0.539. The molecule has 6 nitrogen and oxygen atoms in total. The molecule has 0 spiro atoms. The highest BCUT2D eigenvalue weighted by Crippen LogP contribution is 1.96. The van der Waals surface area contributed by atoms with Crippen molar-refractivity contribution in [1.29, 1.82) is 0 Å². The maximum atomic E-state index is 11.2. The van der Waals surface area contributed by atoms with E-state index in [0.717, 1.165) is 38.5 Å². The van der Waals surface area contributed by atoms with E-state index in [1.54, 1.807) is 6.92 Å². The summed E-state index contributed by atoms with van der Waals surface area (Å²) in [6.07, 6.45) is 2.15. The Bertz CT molecular complexity index is 302. The quantitative estimate of drug-likeness (QED) is 0.522. The normalized spacial score (nSPS) is 15.8. The summed E-state index contributed by atoms with van der Waals surface area (Å²) < 4.78 is 14.8. The van der Waals surface area contributed by atoms with E-state index in [1.165, 1.54) is 0 Å². The molecule has 0 atom stereocenters. The van der Waals surface area contributed by atoms with Crippen LogP contribution in [0.2, 0.25) is 0 Å². The lowest BCUT2D eigenvalue weighted by Gasteiger charge is -2.25. The number of hydrogen-bond acceptors (Lipinski definition) is 6. The third-order valence-electron chi connectivity index (χ3n) is 2.40. The molecule has 0 saturated carbocycles. The van der Waals surface area contributed by atoms with Crippen LogP contribution in [0.3, 0.4) is 0 Å². The van der Waals surface area contributed by atoms with Crippen LogP contribution in [0.5, 0.6) is 0 Å². The van der Waals surface area contributed by atoms with Crippen molar-refractivity contribution in [3.8, 4) is 0 Å². The van der Waals surface area contributed by atoms with Crippen molar-refractivity contribution >= 4 is 24.3 Å². The fourth-order valence-electron chi connectivity index (χ4n) is 1.47. The highest BCUT2D eigenvalue weighted by Gasteiger charge is 2.10. The zero-order chi connectivity index (χ0) is 13.2. The van der Waals surface area contributed by atoms with Gasteiger partial charge >= 0.3 is 11.9 Å². The first-order valence-corrected chi connectivity index (χ1v) is 6.04. The van der Waals surface area contributed by atoms with Crippen molar-refractivity contribution < 1.29 is 23.8 Å². The molecule has 1 aliphatic heterocycles. The average molecular weight is 294 g/mol. The molecule has 1 saturated heterocycles. The van der Waals surface area contributed by atoms with E-state index < -0.39 is 11.9 Å². The summed E-state index contributed by atoms with van der Waals surface area (Å²) in [4.78, 5) is 24.3. The second-order valence-electron chi connectivity index (χ2n) is 3.71. The highest BCUT2D eigenvalue weighted by atomic mass is 35.5. The Hall–Kier alpha value is -1.11. The predicted octanol–water partition coefficient (Wildman–Crippen LogP) is 0.403. The predicted molar refractivity (Wildman–Crippen MR) is 71.2 cm³/mol. The van der Waals surface area contributed by atoms with Crippen LogP contribution in [0, 0.1) is 0 Å². The largest absolute Gasteiger partial charge is 0.463 e. The van der Waals surface area contributed by atoms with Crippen molar-refractivity contribution in [2.45, 2.75) is 6.92 Å². The number of ether oxygens (including phenoxy) is 3. The fraction of sp³-hybridized carbons (Fsp3) is 0.667. The lowest BCUT2D eigenvalue weighted by atomic mass is 10.4. The van der Waals surface area contributed by atoms with Crippen LogP contribution in [0.1, 0.15) is 6.92 Å². The molecule has 1 rings (SSSR count). The number of halogens is 1. The standard InChI is InChI=1S/C12H19NO5.ClH/c1-2-17-11(14)3-4-12(15)18-10-7-13-5-8-16-9-6-13;/h3-4H,2,5-10H2,1H3;1H/b4-3+;. The van der Waals surface area contributed by atoms with E-state index in [2.05, 4.69) is 9.64 Å². The molecule has 19 heavy (non-hydrogen) atoms. The van der Waals surface area contributed by atoms with Crippen LogP contribution in [0.25, 0.3) is 0 Å². The molecule has 110 valence electrons. The zero-order valence-corrected chi connectivity index (χ0v) is 11.8. The van der Waals surface area contributed by atoms with Gasteiger partial charge in [0.15, 0.2) is 0 Å². The Morgan fingerprint density at radius 1 is 1.16 bits per heavy atom. The first-order chi connectivity index (χ1) is 8.72.